The van der Waals surface area contributed by atoms with Gasteiger partial charge in [-0.1, -0.05) is 17.3 Å². The van der Waals surface area contributed by atoms with Crippen LogP contribution in [0.3, 0.4) is 0 Å². The topological polar surface area (TPSA) is 35.8 Å². The van der Waals surface area contributed by atoms with Crippen molar-refractivity contribution >= 4 is 17.7 Å². The van der Waals surface area contributed by atoms with Crippen LogP contribution in [0.15, 0.2) is 40.2 Å². The Balaban J connectivity index is 1.92. The molecule has 3 rings (SSSR count). The van der Waals surface area contributed by atoms with Gasteiger partial charge >= 0.3 is 0 Å². The fourth-order valence-corrected chi connectivity index (χ4v) is 2.85. The number of rotatable bonds is 2. The molecule has 1 aromatic carbocycles. The Kier molecular flexibility index (Phi) is 2.57. The Labute approximate surface area is 104 Å². The van der Waals surface area contributed by atoms with Gasteiger partial charge in [-0.25, -0.2) is 0 Å². The third-order valence-corrected chi connectivity index (χ3v) is 3.71. The maximum absolute atomic E-state index is 8.54. The molecule has 86 valence electrons. The quantitative estimate of drug-likeness (QED) is 0.381. The lowest BCUT2D eigenvalue weighted by atomic mass is 10.0. The van der Waals surface area contributed by atoms with Crippen molar-refractivity contribution in [1.82, 2.24) is 4.90 Å². The molecule has 0 aliphatic carbocycles. The molecular weight excluding hydrogens is 232 g/mol. The average molecular weight is 244 g/mol. The molecule has 2 aromatic rings. The minimum Gasteiger partial charge on any atom is -0.410 e. The Morgan fingerprint density at radius 3 is 2.82 bits per heavy atom. The van der Waals surface area contributed by atoms with Crippen molar-refractivity contribution in [3.63, 3.8) is 0 Å². The van der Waals surface area contributed by atoms with Crippen LogP contribution in [0, 0.1) is 0 Å². The van der Waals surface area contributed by atoms with Crippen LogP contribution in [0.1, 0.15) is 11.1 Å². The van der Waals surface area contributed by atoms with Gasteiger partial charge in [0, 0.05) is 13.1 Å². The van der Waals surface area contributed by atoms with E-state index in [1.54, 1.807) is 11.3 Å². The highest BCUT2D eigenvalue weighted by Crippen LogP contribution is 2.28. The molecule has 0 saturated carbocycles. The third-order valence-electron chi connectivity index (χ3n) is 3.02. The van der Waals surface area contributed by atoms with Crippen LogP contribution >= 0.6 is 11.3 Å². The van der Waals surface area contributed by atoms with Gasteiger partial charge in [0.15, 0.2) is 0 Å². The molecule has 0 atom stereocenters. The summed E-state index contributed by atoms with van der Waals surface area (Å²) < 4.78 is 0. The maximum atomic E-state index is 8.54. The van der Waals surface area contributed by atoms with E-state index in [1.807, 2.05) is 4.90 Å². The fourth-order valence-electron chi connectivity index (χ4n) is 2.18. The second-order valence-electron chi connectivity index (χ2n) is 4.13. The van der Waals surface area contributed by atoms with Crippen LogP contribution < -0.4 is 0 Å². The van der Waals surface area contributed by atoms with Gasteiger partial charge in [-0.05, 0) is 45.1 Å². The Hall–Kier alpha value is -1.81. The first-order valence-electron chi connectivity index (χ1n) is 5.43. The molecule has 1 N–H and O–H groups in total. The van der Waals surface area contributed by atoms with E-state index in [-0.39, 0.29) is 0 Å². The molecule has 0 amide bonds. The van der Waals surface area contributed by atoms with Crippen molar-refractivity contribution in [2.24, 2.45) is 5.16 Å². The van der Waals surface area contributed by atoms with E-state index < -0.39 is 0 Å². The minimum atomic E-state index is 0.817. The van der Waals surface area contributed by atoms with E-state index in [1.165, 1.54) is 28.6 Å². The Morgan fingerprint density at radius 2 is 2.06 bits per heavy atom. The first kappa shape index (κ1) is 10.4. The molecule has 1 aliphatic heterocycles. The summed E-state index contributed by atoms with van der Waals surface area (Å²) in [5.74, 6) is 0. The molecule has 17 heavy (non-hydrogen) atoms. The molecule has 0 bridgehead atoms. The third kappa shape index (κ3) is 1.91. The summed E-state index contributed by atoms with van der Waals surface area (Å²) in [6.07, 6.45) is 1.48. The number of thiophene rings is 1. The predicted molar refractivity (Wildman–Crippen MR) is 69.3 cm³/mol. The van der Waals surface area contributed by atoms with Gasteiger partial charge in [-0.2, -0.15) is 11.3 Å². The number of oxime groups is 1. The average Bonchev–Trinajstić information content (AvgIpc) is 2.96. The van der Waals surface area contributed by atoms with Crippen molar-refractivity contribution < 1.29 is 5.21 Å². The molecule has 0 spiro atoms. The zero-order valence-electron chi connectivity index (χ0n) is 9.21. The van der Waals surface area contributed by atoms with Gasteiger partial charge in [0.25, 0.3) is 0 Å². The van der Waals surface area contributed by atoms with Gasteiger partial charge in [-0.15, -0.1) is 0 Å². The van der Waals surface area contributed by atoms with Crippen LogP contribution in [0.5, 0.6) is 0 Å². The molecule has 0 radical (unpaired) electrons. The minimum absolute atomic E-state index is 0.817. The Morgan fingerprint density at radius 1 is 1.18 bits per heavy atom. The van der Waals surface area contributed by atoms with Gasteiger partial charge in [0.1, 0.15) is 6.34 Å². The normalized spacial score (nSPS) is 14.5. The van der Waals surface area contributed by atoms with Crippen molar-refractivity contribution in [2.75, 3.05) is 0 Å². The molecule has 0 saturated heterocycles. The van der Waals surface area contributed by atoms with Crippen molar-refractivity contribution in [1.29, 1.82) is 0 Å². The number of hydrogen-bond donors (Lipinski definition) is 1. The summed E-state index contributed by atoms with van der Waals surface area (Å²) in [5, 5.41) is 15.9. The largest absolute Gasteiger partial charge is 0.410 e. The SMILES string of the molecule is ON=CN1Cc2ccc(-c3ccsc3)cc2C1. The number of nitrogens with zero attached hydrogens (tertiary/aromatic N) is 2. The second kappa shape index (κ2) is 4.22. The van der Waals surface area contributed by atoms with Gasteiger partial charge in [-0.3, -0.25) is 0 Å². The van der Waals surface area contributed by atoms with Crippen LogP contribution in [0.25, 0.3) is 11.1 Å². The number of benzene rings is 1. The summed E-state index contributed by atoms with van der Waals surface area (Å²) in [4.78, 5) is 1.99. The second-order valence-corrected chi connectivity index (χ2v) is 4.91. The maximum Gasteiger partial charge on any atom is 0.131 e. The summed E-state index contributed by atoms with van der Waals surface area (Å²) >= 11 is 1.71. The standard InChI is InChI=1S/C13H12N2OS/c16-14-9-15-6-11-2-1-10(5-13(11)7-15)12-3-4-17-8-12/h1-5,8-9,16H,6-7H2. The molecule has 2 heterocycles. The first-order chi connectivity index (χ1) is 8.36. The lowest BCUT2D eigenvalue weighted by molar-refractivity contribution is 0.307. The van der Waals surface area contributed by atoms with E-state index in [0.717, 1.165) is 13.1 Å². The van der Waals surface area contributed by atoms with E-state index in [2.05, 4.69) is 40.2 Å². The van der Waals surface area contributed by atoms with Gasteiger partial charge < -0.3 is 10.1 Å². The molecular formula is C13H12N2OS. The van der Waals surface area contributed by atoms with Gasteiger partial charge in [0.05, 0.1) is 0 Å². The zero-order valence-corrected chi connectivity index (χ0v) is 10.0. The van der Waals surface area contributed by atoms with Crippen molar-refractivity contribution in [3.8, 4) is 11.1 Å². The number of hydrogen-bond acceptors (Lipinski definition) is 3. The van der Waals surface area contributed by atoms with E-state index in [4.69, 9.17) is 5.21 Å². The first-order valence-corrected chi connectivity index (χ1v) is 6.37. The highest BCUT2D eigenvalue weighted by molar-refractivity contribution is 7.08. The highest BCUT2D eigenvalue weighted by Gasteiger charge is 2.17. The molecule has 0 unspecified atom stereocenters. The van der Waals surface area contributed by atoms with Crippen LogP contribution in [0.2, 0.25) is 0 Å². The highest BCUT2D eigenvalue weighted by atomic mass is 32.1. The number of fused-ring (bicyclic) bond motifs is 1. The molecule has 0 fully saturated rings. The van der Waals surface area contributed by atoms with Crippen molar-refractivity contribution in [2.45, 2.75) is 13.1 Å². The summed E-state index contributed by atoms with van der Waals surface area (Å²) in [6.45, 7) is 1.64. The summed E-state index contributed by atoms with van der Waals surface area (Å²) in [7, 11) is 0. The lowest BCUT2D eigenvalue weighted by Gasteiger charge is -2.07. The Bertz CT molecular complexity index is 549. The predicted octanol–water partition coefficient (Wildman–Crippen LogP) is 3.15. The lowest BCUT2D eigenvalue weighted by Crippen LogP contribution is -2.13. The summed E-state index contributed by atoms with van der Waals surface area (Å²) in [6, 6.07) is 8.67. The summed E-state index contributed by atoms with van der Waals surface area (Å²) in [5.41, 5.74) is 5.15. The monoisotopic (exact) mass is 244 g/mol. The van der Waals surface area contributed by atoms with Crippen LogP contribution in [-0.4, -0.2) is 16.4 Å². The smallest absolute Gasteiger partial charge is 0.131 e. The molecule has 3 nitrogen and oxygen atoms in total. The molecule has 1 aliphatic rings. The van der Waals surface area contributed by atoms with Crippen LogP contribution in [0.4, 0.5) is 0 Å². The molecule has 1 aromatic heterocycles. The zero-order chi connectivity index (χ0) is 11.7. The van der Waals surface area contributed by atoms with Gasteiger partial charge in [0.2, 0.25) is 0 Å². The van der Waals surface area contributed by atoms with E-state index >= 15 is 0 Å². The molecule has 4 heteroatoms. The van der Waals surface area contributed by atoms with E-state index in [9.17, 15) is 0 Å². The fraction of sp³-hybridized carbons (Fsp3) is 0.154. The van der Waals surface area contributed by atoms with Crippen molar-refractivity contribution in [3.05, 3.63) is 46.2 Å². The van der Waals surface area contributed by atoms with E-state index in [0.29, 0.717) is 0 Å². The van der Waals surface area contributed by atoms with Crippen LogP contribution in [-0.2, 0) is 13.1 Å².